The Hall–Kier alpha value is -0.870. The van der Waals surface area contributed by atoms with Gasteiger partial charge in [0.15, 0.2) is 0 Å². The predicted octanol–water partition coefficient (Wildman–Crippen LogP) is 6.01. The van der Waals surface area contributed by atoms with E-state index in [1.807, 2.05) is 26.8 Å². The highest BCUT2D eigenvalue weighted by Gasteiger charge is 2.22. The average molecular weight is 416 g/mol. The topological polar surface area (TPSA) is 9.23 Å². The first-order valence-electron chi connectivity index (χ1n) is 6.60. The second-order valence-corrected chi connectivity index (χ2v) is 6.88. The van der Waals surface area contributed by atoms with Crippen LogP contribution in [0.25, 0.3) is 0 Å². The second-order valence-electron chi connectivity index (χ2n) is 5.11. The van der Waals surface area contributed by atoms with Crippen LogP contribution in [0.3, 0.4) is 0 Å². The molecule has 0 spiro atoms. The molecular weight excluding hydrogens is 399 g/mol. The Labute approximate surface area is 141 Å². The van der Waals surface area contributed by atoms with E-state index in [0.29, 0.717) is 0 Å². The Morgan fingerprint density at radius 3 is 2.38 bits per heavy atom. The summed E-state index contributed by atoms with van der Waals surface area (Å²) in [7, 11) is 1.66. The van der Waals surface area contributed by atoms with Gasteiger partial charge < -0.3 is 4.74 Å². The van der Waals surface area contributed by atoms with Crippen molar-refractivity contribution in [2.75, 3.05) is 7.11 Å². The van der Waals surface area contributed by atoms with Crippen LogP contribution in [-0.2, 0) is 0 Å². The summed E-state index contributed by atoms with van der Waals surface area (Å²) in [5.74, 6) is 0.602. The van der Waals surface area contributed by atoms with Crippen molar-refractivity contribution in [2.45, 2.75) is 25.6 Å². The molecule has 4 heteroatoms. The number of ether oxygens (including phenoxy) is 1. The fraction of sp³-hybridized carbons (Fsp3) is 0.294. The summed E-state index contributed by atoms with van der Waals surface area (Å²) in [5, 5.41) is 0. The lowest BCUT2D eigenvalue weighted by molar-refractivity contribution is 0.406. The van der Waals surface area contributed by atoms with Crippen LogP contribution in [0.4, 0.5) is 4.39 Å². The average Bonchev–Trinajstić information content (AvgIpc) is 2.44. The molecule has 0 fully saturated rings. The van der Waals surface area contributed by atoms with Crippen LogP contribution >= 0.6 is 31.9 Å². The highest BCUT2D eigenvalue weighted by Crippen LogP contribution is 2.43. The van der Waals surface area contributed by atoms with Crippen LogP contribution in [-0.4, -0.2) is 7.11 Å². The summed E-state index contributed by atoms with van der Waals surface area (Å²) in [6, 6.07) is 6.89. The lowest BCUT2D eigenvalue weighted by atomic mass is 9.94. The van der Waals surface area contributed by atoms with Gasteiger partial charge in [-0.25, -0.2) is 4.39 Å². The molecule has 2 rings (SSSR count). The van der Waals surface area contributed by atoms with Crippen LogP contribution in [0.5, 0.6) is 5.75 Å². The third kappa shape index (κ3) is 3.16. The minimum Gasteiger partial charge on any atom is -0.496 e. The minimum atomic E-state index is -0.233. The molecule has 1 atom stereocenters. The van der Waals surface area contributed by atoms with Crippen molar-refractivity contribution in [3.63, 3.8) is 0 Å². The third-order valence-electron chi connectivity index (χ3n) is 3.68. The van der Waals surface area contributed by atoms with Crippen molar-refractivity contribution >= 4 is 31.9 Å². The molecule has 2 aromatic carbocycles. The number of halogens is 3. The molecule has 2 aromatic rings. The van der Waals surface area contributed by atoms with Gasteiger partial charge >= 0.3 is 0 Å². The van der Waals surface area contributed by atoms with Gasteiger partial charge in [0.25, 0.3) is 0 Å². The summed E-state index contributed by atoms with van der Waals surface area (Å²) in [6.45, 7) is 6.02. The van der Waals surface area contributed by atoms with Crippen molar-refractivity contribution in [3.05, 3.63) is 62.4 Å². The Morgan fingerprint density at radius 1 is 1.10 bits per heavy atom. The van der Waals surface area contributed by atoms with Crippen molar-refractivity contribution in [1.82, 2.24) is 0 Å². The summed E-state index contributed by atoms with van der Waals surface area (Å²) < 4.78 is 20.2. The Morgan fingerprint density at radius 2 is 1.76 bits per heavy atom. The molecular formula is C17H17Br2FO. The van der Waals surface area contributed by atoms with Gasteiger partial charge in [-0.15, -0.1) is 0 Å². The Bertz CT molecular complexity index is 683. The molecule has 0 bridgehead atoms. The lowest BCUT2D eigenvalue weighted by Gasteiger charge is -2.21. The molecule has 0 aliphatic carbocycles. The normalized spacial score (nSPS) is 12.3. The molecule has 0 saturated carbocycles. The van der Waals surface area contributed by atoms with Crippen molar-refractivity contribution in [1.29, 1.82) is 0 Å². The zero-order valence-electron chi connectivity index (χ0n) is 12.4. The van der Waals surface area contributed by atoms with Crippen molar-refractivity contribution < 1.29 is 9.13 Å². The van der Waals surface area contributed by atoms with Crippen LogP contribution in [0.2, 0.25) is 0 Å². The first-order chi connectivity index (χ1) is 9.86. The first kappa shape index (κ1) is 16.5. The van der Waals surface area contributed by atoms with E-state index in [-0.39, 0.29) is 10.6 Å². The maximum absolute atomic E-state index is 13.6. The van der Waals surface area contributed by atoms with E-state index in [4.69, 9.17) is 4.74 Å². The Kier molecular flexibility index (Phi) is 5.10. The van der Waals surface area contributed by atoms with Crippen LogP contribution in [0.15, 0.2) is 28.7 Å². The standard InChI is InChI=1S/C17H17Br2FO/c1-9-5-6-12(20)8-13(9)16(19)15-11(3)14(18)7-10(2)17(15)21-4/h5-8,16H,1-4H3. The molecule has 112 valence electrons. The summed E-state index contributed by atoms with van der Waals surface area (Å²) in [6.07, 6.45) is 0. The predicted molar refractivity (Wildman–Crippen MR) is 92.1 cm³/mol. The van der Waals surface area contributed by atoms with E-state index in [2.05, 4.69) is 31.9 Å². The van der Waals surface area contributed by atoms with E-state index in [9.17, 15) is 4.39 Å². The SMILES string of the molecule is COc1c(C)cc(Br)c(C)c1C(Br)c1cc(F)ccc1C. The first-order valence-corrected chi connectivity index (χ1v) is 8.31. The molecule has 1 nitrogen and oxygen atoms in total. The van der Waals surface area contributed by atoms with Gasteiger partial charge in [0.1, 0.15) is 11.6 Å². The number of rotatable bonds is 3. The van der Waals surface area contributed by atoms with E-state index in [1.165, 1.54) is 6.07 Å². The zero-order chi connectivity index (χ0) is 15.7. The van der Waals surface area contributed by atoms with Gasteiger partial charge in [0.2, 0.25) is 0 Å². The van der Waals surface area contributed by atoms with Gasteiger partial charge in [-0.3, -0.25) is 0 Å². The molecule has 0 N–H and O–H groups in total. The van der Waals surface area contributed by atoms with E-state index >= 15 is 0 Å². The maximum atomic E-state index is 13.6. The van der Waals surface area contributed by atoms with Gasteiger partial charge in [-0.2, -0.15) is 0 Å². The van der Waals surface area contributed by atoms with Crippen molar-refractivity contribution in [2.24, 2.45) is 0 Å². The summed E-state index contributed by atoms with van der Waals surface area (Å²) in [5.41, 5.74) is 5.11. The largest absolute Gasteiger partial charge is 0.496 e. The Balaban J connectivity index is 2.68. The van der Waals surface area contributed by atoms with E-state index in [0.717, 1.165) is 38.0 Å². The third-order valence-corrected chi connectivity index (χ3v) is 5.45. The van der Waals surface area contributed by atoms with Crippen LogP contribution in [0, 0.1) is 26.6 Å². The number of alkyl halides is 1. The molecule has 21 heavy (non-hydrogen) atoms. The highest BCUT2D eigenvalue weighted by molar-refractivity contribution is 9.10. The van der Waals surface area contributed by atoms with Gasteiger partial charge in [-0.1, -0.05) is 37.9 Å². The highest BCUT2D eigenvalue weighted by atomic mass is 79.9. The summed E-state index contributed by atoms with van der Waals surface area (Å²) in [4.78, 5) is -0.126. The van der Waals surface area contributed by atoms with E-state index in [1.54, 1.807) is 19.2 Å². The molecule has 0 aromatic heterocycles. The summed E-state index contributed by atoms with van der Waals surface area (Å²) >= 11 is 7.31. The van der Waals surface area contributed by atoms with Gasteiger partial charge in [-0.05, 0) is 61.2 Å². The van der Waals surface area contributed by atoms with E-state index < -0.39 is 0 Å². The fourth-order valence-corrected chi connectivity index (χ4v) is 4.09. The monoisotopic (exact) mass is 414 g/mol. The van der Waals surface area contributed by atoms with Crippen LogP contribution < -0.4 is 4.74 Å². The smallest absolute Gasteiger partial charge is 0.126 e. The molecule has 0 saturated heterocycles. The number of hydrogen-bond acceptors (Lipinski definition) is 1. The number of methoxy groups -OCH3 is 1. The van der Waals surface area contributed by atoms with Gasteiger partial charge in [0.05, 0.1) is 11.9 Å². The molecule has 0 heterocycles. The number of hydrogen-bond donors (Lipinski definition) is 0. The van der Waals surface area contributed by atoms with Gasteiger partial charge in [0, 0.05) is 10.0 Å². The maximum Gasteiger partial charge on any atom is 0.126 e. The molecule has 1 unspecified atom stereocenters. The second kappa shape index (κ2) is 6.49. The number of aryl methyl sites for hydroxylation is 2. The minimum absolute atomic E-state index is 0.126. The zero-order valence-corrected chi connectivity index (χ0v) is 15.6. The fourth-order valence-electron chi connectivity index (χ4n) is 2.49. The molecule has 0 aliphatic rings. The molecule has 0 amide bonds. The van der Waals surface area contributed by atoms with Crippen LogP contribution in [0.1, 0.15) is 32.6 Å². The molecule has 0 aliphatic heterocycles. The lowest BCUT2D eigenvalue weighted by Crippen LogP contribution is -2.04. The quantitative estimate of drug-likeness (QED) is 0.558. The number of benzene rings is 2. The van der Waals surface area contributed by atoms with Crippen molar-refractivity contribution in [3.8, 4) is 5.75 Å². The molecule has 0 radical (unpaired) electrons.